The molecular formula is C43H53N11O12. The summed E-state index contributed by atoms with van der Waals surface area (Å²) < 4.78 is 12.1. The van der Waals surface area contributed by atoms with E-state index in [1.807, 2.05) is 0 Å². The Labute approximate surface area is 377 Å². The third-order valence-corrected chi connectivity index (χ3v) is 10.6. The molecule has 5 rings (SSSR count). The SMILES string of the molecule is CC(C)C[C@H](NC(=O)[C@H](CCCNC(=N)N)NC(=O)c1ccc2c(c1)C(=O)OC21c2ccc(O)cc2Oc2cc(O)ccc21)C(=O)N[C@@H](CCCNC(=N)N)C(=O)N(CC(=O)O)C(=O)CN. The van der Waals surface area contributed by atoms with Crippen LogP contribution in [0, 0.1) is 16.7 Å². The van der Waals surface area contributed by atoms with Gasteiger partial charge in [-0.2, -0.15) is 0 Å². The molecule has 16 N–H and O–H groups in total. The molecule has 0 aliphatic carbocycles. The number of rotatable bonds is 20. The fourth-order valence-electron chi connectivity index (χ4n) is 7.64. The molecule has 0 saturated heterocycles. The maximum atomic E-state index is 14.2. The van der Waals surface area contributed by atoms with Crippen LogP contribution in [0.4, 0.5) is 0 Å². The van der Waals surface area contributed by atoms with Crippen LogP contribution in [-0.2, 0) is 34.3 Å². The highest BCUT2D eigenvalue weighted by Gasteiger charge is 2.54. The average molecular weight is 916 g/mol. The Morgan fingerprint density at radius 3 is 1.82 bits per heavy atom. The number of carboxylic acids is 1. The number of ether oxygens (including phenoxy) is 2. The van der Waals surface area contributed by atoms with Gasteiger partial charge in [0.05, 0.1) is 12.1 Å². The number of nitrogens with two attached hydrogens (primary N) is 3. The molecule has 23 heteroatoms. The second-order valence-electron chi connectivity index (χ2n) is 16.0. The molecule has 2 aliphatic heterocycles. The Kier molecular flexibility index (Phi) is 15.7. The van der Waals surface area contributed by atoms with Gasteiger partial charge in [-0.3, -0.25) is 44.5 Å². The van der Waals surface area contributed by atoms with Crippen LogP contribution in [0.2, 0.25) is 0 Å². The molecule has 0 aromatic heterocycles. The van der Waals surface area contributed by atoms with Crippen LogP contribution >= 0.6 is 0 Å². The van der Waals surface area contributed by atoms with Crippen molar-refractivity contribution in [2.45, 2.75) is 69.7 Å². The van der Waals surface area contributed by atoms with Crippen LogP contribution in [0.5, 0.6) is 23.0 Å². The summed E-state index contributed by atoms with van der Waals surface area (Å²) in [5.74, 6) is -7.82. The number of nitrogens with zero attached hydrogens (tertiary/aromatic N) is 1. The van der Waals surface area contributed by atoms with Crippen LogP contribution in [0.25, 0.3) is 0 Å². The number of aromatic hydroxyl groups is 2. The first-order valence-corrected chi connectivity index (χ1v) is 20.8. The Morgan fingerprint density at radius 1 is 0.758 bits per heavy atom. The molecule has 1 spiro atoms. The number of carboxylic acid groups (broad SMARTS) is 1. The van der Waals surface area contributed by atoms with Gasteiger partial charge < -0.3 is 68.6 Å². The summed E-state index contributed by atoms with van der Waals surface area (Å²) in [7, 11) is 0. The Hall–Kier alpha value is -7.95. The van der Waals surface area contributed by atoms with Crippen molar-refractivity contribution in [1.29, 1.82) is 10.8 Å². The molecule has 3 aromatic carbocycles. The summed E-state index contributed by atoms with van der Waals surface area (Å²) in [5, 5.41) is 57.9. The van der Waals surface area contributed by atoms with Gasteiger partial charge in [-0.1, -0.05) is 19.9 Å². The molecule has 5 amide bonds. The summed E-state index contributed by atoms with van der Waals surface area (Å²) in [5.41, 5.74) is 15.6. The molecule has 0 saturated carbocycles. The standard InChI is InChI=1S/C43H53N11O12/c1-21(2)15-31(38(62)52-30(6-4-14-50-42(47)48)39(63)54(20-35(58)59)34(57)19-44)53-37(61)29(5-3-13-49-41(45)46)51-36(60)22-7-10-26-25(16-22)40(64)66-43(26)27-11-8-23(55)17-32(27)65-33-18-24(56)9-12-28(33)43/h7-12,16-18,21,29-31,55-56H,3-6,13-15,19-20,44H2,1-2H3,(H,51,60)(H,52,62)(H,53,61)(H,58,59)(H4,45,46,49)(H4,47,48,50)/t29-,30-,31-/m0/s1. The van der Waals surface area contributed by atoms with Crippen molar-refractivity contribution in [2.75, 3.05) is 26.2 Å². The molecule has 352 valence electrons. The molecule has 2 aliphatic rings. The zero-order valence-electron chi connectivity index (χ0n) is 36.1. The molecule has 0 radical (unpaired) electrons. The van der Waals surface area contributed by atoms with E-state index in [1.54, 1.807) is 13.8 Å². The highest BCUT2D eigenvalue weighted by molar-refractivity contribution is 6.04. The zero-order chi connectivity index (χ0) is 48.5. The second-order valence-corrected chi connectivity index (χ2v) is 16.0. The van der Waals surface area contributed by atoms with Crippen LogP contribution in [0.15, 0.2) is 54.6 Å². The van der Waals surface area contributed by atoms with Crippen LogP contribution in [0.1, 0.15) is 83.4 Å². The molecule has 66 heavy (non-hydrogen) atoms. The first-order valence-electron chi connectivity index (χ1n) is 20.8. The van der Waals surface area contributed by atoms with E-state index in [0.717, 1.165) is 0 Å². The third-order valence-electron chi connectivity index (χ3n) is 10.6. The minimum absolute atomic E-state index is 0.000752. The Balaban J connectivity index is 1.42. The number of imide groups is 1. The van der Waals surface area contributed by atoms with Crippen LogP contribution in [-0.4, -0.2) is 118 Å². The number of benzene rings is 3. The predicted molar refractivity (Wildman–Crippen MR) is 234 cm³/mol. The quantitative estimate of drug-likeness (QED) is 0.0300. The summed E-state index contributed by atoms with van der Waals surface area (Å²) in [6.07, 6.45) is 0.112. The summed E-state index contributed by atoms with van der Waals surface area (Å²) in [6, 6.07) is 8.58. The number of carbonyl (C=O) groups is 7. The highest BCUT2D eigenvalue weighted by Crippen LogP contribution is 2.57. The molecule has 0 bridgehead atoms. The third kappa shape index (κ3) is 11.4. The summed E-state index contributed by atoms with van der Waals surface area (Å²) in [4.78, 5) is 94.2. The highest BCUT2D eigenvalue weighted by atomic mass is 16.6. The van der Waals surface area contributed by atoms with E-state index < -0.39 is 78.3 Å². The molecule has 3 atom stereocenters. The molecular weight excluding hydrogens is 863 g/mol. The van der Waals surface area contributed by atoms with E-state index in [1.165, 1.54) is 54.6 Å². The van der Waals surface area contributed by atoms with Gasteiger partial charge >= 0.3 is 11.9 Å². The van der Waals surface area contributed by atoms with Gasteiger partial charge in [0.15, 0.2) is 17.5 Å². The van der Waals surface area contributed by atoms with Gasteiger partial charge in [0.2, 0.25) is 17.7 Å². The predicted octanol–water partition coefficient (Wildman–Crippen LogP) is -0.295. The smallest absolute Gasteiger partial charge is 0.340 e. The molecule has 0 fully saturated rings. The lowest BCUT2D eigenvalue weighted by atomic mass is 9.77. The van der Waals surface area contributed by atoms with Gasteiger partial charge in [0.25, 0.3) is 11.8 Å². The number of hydrogen-bond donors (Lipinski definition) is 13. The van der Waals surface area contributed by atoms with E-state index >= 15 is 0 Å². The van der Waals surface area contributed by atoms with E-state index in [0.29, 0.717) is 21.6 Å². The molecule has 23 nitrogen and oxygen atoms in total. The topological polar surface area (TPSA) is 388 Å². The number of hydrogen-bond acceptors (Lipinski definition) is 14. The average Bonchev–Trinajstić information content (AvgIpc) is 3.54. The lowest BCUT2D eigenvalue weighted by molar-refractivity contribution is -0.153. The van der Waals surface area contributed by atoms with Gasteiger partial charge in [-0.05, 0) is 74.4 Å². The van der Waals surface area contributed by atoms with E-state index in [2.05, 4.69) is 26.6 Å². The van der Waals surface area contributed by atoms with Gasteiger partial charge in [0.1, 0.15) is 47.7 Å². The number of phenolic OH excluding ortho intramolecular Hbond substituents is 2. The van der Waals surface area contributed by atoms with Crippen molar-refractivity contribution in [3.05, 3.63) is 82.4 Å². The molecule has 0 unspecified atom stereocenters. The maximum absolute atomic E-state index is 14.2. The Bertz CT molecular complexity index is 2370. The number of amides is 5. The number of nitrogens with one attached hydrogen (secondary N) is 7. The lowest BCUT2D eigenvalue weighted by Crippen LogP contribution is -2.58. The first-order chi connectivity index (χ1) is 31.2. The van der Waals surface area contributed by atoms with Crippen LogP contribution < -0.4 is 48.5 Å². The summed E-state index contributed by atoms with van der Waals surface area (Å²) >= 11 is 0. The van der Waals surface area contributed by atoms with Crippen molar-refractivity contribution >= 4 is 53.4 Å². The fraction of sp³-hybridized carbons (Fsp3) is 0.372. The minimum Gasteiger partial charge on any atom is -0.508 e. The molecule has 2 heterocycles. The van der Waals surface area contributed by atoms with E-state index in [4.69, 9.17) is 37.5 Å². The lowest BCUT2D eigenvalue weighted by Gasteiger charge is -2.36. The number of esters is 1. The maximum Gasteiger partial charge on any atom is 0.340 e. The number of fused-ring (bicyclic) bond motifs is 6. The minimum atomic E-state index is -1.60. The first kappa shape index (κ1) is 49.1. The monoisotopic (exact) mass is 915 g/mol. The number of carbonyl (C=O) groups excluding carboxylic acids is 6. The summed E-state index contributed by atoms with van der Waals surface area (Å²) in [6.45, 7) is 1.97. The van der Waals surface area contributed by atoms with E-state index in [9.17, 15) is 48.9 Å². The normalized spacial score (nSPS) is 14.2. The largest absolute Gasteiger partial charge is 0.508 e. The van der Waals surface area contributed by atoms with Crippen molar-refractivity contribution in [1.82, 2.24) is 31.5 Å². The van der Waals surface area contributed by atoms with Crippen molar-refractivity contribution in [3.63, 3.8) is 0 Å². The van der Waals surface area contributed by atoms with Gasteiger partial charge in [0, 0.05) is 47.5 Å². The van der Waals surface area contributed by atoms with Gasteiger partial charge in [-0.15, -0.1) is 0 Å². The van der Waals surface area contributed by atoms with Crippen LogP contribution in [0.3, 0.4) is 0 Å². The van der Waals surface area contributed by atoms with Crippen molar-refractivity contribution < 1.29 is 58.4 Å². The number of aliphatic carboxylic acids is 1. The number of phenols is 2. The molecule has 3 aromatic rings. The number of guanidine groups is 2. The van der Waals surface area contributed by atoms with Gasteiger partial charge in [-0.25, -0.2) is 4.79 Å². The van der Waals surface area contributed by atoms with Crippen molar-refractivity contribution in [3.8, 4) is 23.0 Å². The van der Waals surface area contributed by atoms with E-state index in [-0.39, 0.29) is 97.2 Å². The fourth-order valence-corrected chi connectivity index (χ4v) is 7.64. The van der Waals surface area contributed by atoms with Crippen molar-refractivity contribution in [2.24, 2.45) is 23.1 Å². The second kappa shape index (κ2) is 21.2. The Morgan fingerprint density at radius 2 is 1.29 bits per heavy atom. The zero-order valence-corrected chi connectivity index (χ0v) is 36.1.